The molecule has 1 aromatic rings. The molecule has 18 heavy (non-hydrogen) atoms. The third kappa shape index (κ3) is 3.47. The summed E-state index contributed by atoms with van der Waals surface area (Å²) in [5, 5.41) is 6.34. The lowest BCUT2D eigenvalue weighted by Gasteiger charge is -2.24. The molecule has 2 rings (SSSR count). The standard InChI is InChI=1S/C14H20N2O2/c1-2-18-13-6-4-3-5-11(13)9-15-12-7-8-14(17)16-10-12/h3-6,12,15H,2,7-10H2,1H3,(H,16,17). The lowest BCUT2D eigenvalue weighted by Crippen LogP contribution is -2.45. The number of piperidine rings is 1. The molecule has 4 heteroatoms. The first-order chi connectivity index (χ1) is 8.79. The van der Waals surface area contributed by atoms with Crippen molar-refractivity contribution in [2.75, 3.05) is 13.2 Å². The van der Waals surface area contributed by atoms with Gasteiger partial charge in [-0.15, -0.1) is 0 Å². The summed E-state index contributed by atoms with van der Waals surface area (Å²) in [6.07, 6.45) is 1.52. The molecule has 4 nitrogen and oxygen atoms in total. The van der Waals surface area contributed by atoms with Gasteiger partial charge < -0.3 is 15.4 Å². The van der Waals surface area contributed by atoms with Gasteiger partial charge in [0.15, 0.2) is 0 Å². The molecular formula is C14H20N2O2. The molecule has 0 aliphatic carbocycles. The number of carbonyl (C=O) groups excluding carboxylic acids is 1. The lowest BCUT2D eigenvalue weighted by atomic mass is 10.1. The van der Waals surface area contributed by atoms with E-state index in [2.05, 4.69) is 16.7 Å². The zero-order valence-corrected chi connectivity index (χ0v) is 10.7. The minimum atomic E-state index is 0.155. The molecule has 0 spiro atoms. The Balaban J connectivity index is 1.87. The number of benzene rings is 1. The Hall–Kier alpha value is -1.55. The van der Waals surface area contributed by atoms with Crippen molar-refractivity contribution < 1.29 is 9.53 Å². The van der Waals surface area contributed by atoms with E-state index in [1.165, 1.54) is 0 Å². The van der Waals surface area contributed by atoms with Crippen LogP contribution in [-0.4, -0.2) is 25.1 Å². The number of para-hydroxylation sites is 1. The Morgan fingerprint density at radius 2 is 2.28 bits per heavy atom. The molecule has 98 valence electrons. The van der Waals surface area contributed by atoms with Crippen molar-refractivity contribution in [1.82, 2.24) is 10.6 Å². The Morgan fingerprint density at radius 3 is 3.00 bits per heavy atom. The molecule has 0 radical (unpaired) electrons. The van der Waals surface area contributed by atoms with E-state index in [0.29, 0.717) is 19.1 Å². The van der Waals surface area contributed by atoms with Gasteiger partial charge in [-0.25, -0.2) is 0 Å². The van der Waals surface area contributed by atoms with Crippen molar-refractivity contribution in [1.29, 1.82) is 0 Å². The molecule has 1 aromatic carbocycles. The summed E-state index contributed by atoms with van der Waals surface area (Å²) in [7, 11) is 0. The van der Waals surface area contributed by atoms with Gasteiger partial charge in [-0.1, -0.05) is 18.2 Å². The van der Waals surface area contributed by atoms with E-state index in [-0.39, 0.29) is 5.91 Å². The van der Waals surface area contributed by atoms with Gasteiger partial charge in [0.2, 0.25) is 5.91 Å². The van der Waals surface area contributed by atoms with Crippen LogP contribution in [0.2, 0.25) is 0 Å². The topological polar surface area (TPSA) is 50.4 Å². The predicted molar refractivity (Wildman–Crippen MR) is 70.5 cm³/mol. The molecule has 1 unspecified atom stereocenters. The van der Waals surface area contributed by atoms with Crippen LogP contribution in [0, 0.1) is 0 Å². The van der Waals surface area contributed by atoms with E-state index in [4.69, 9.17) is 4.74 Å². The van der Waals surface area contributed by atoms with Crippen LogP contribution in [-0.2, 0) is 11.3 Å². The number of hydrogen-bond acceptors (Lipinski definition) is 3. The number of rotatable bonds is 5. The van der Waals surface area contributed by atoms with Gasteiger partial charge >= 0.3 is 0 Å². The maximum absolute atomic E-state index is 11.1. The number of amides is 1. The van der Waals surface area contributed by atoms with Crippen LogP contribution in [0.3, 0.4) is 0 Å². The monoisotopic (exact) mass is 248 g/mol. The largest absolute Gasteiger partial charge is 0.494 e. The fourth-order valence-electron chi connectivity index (χ4n) is 2.11. The van der Waals surface area contributed by atoms with E-state index in [9.17, 15) is 4.79 Å². The van der Waals surface area contributed by atoms with Gasteiger partial charge in [-0.05, 0) is 19.4 Å². The van der Waals surface area contributed by atoms with Crippen LogP contribution in [0.15, 0.2) is 24.3 Å². The highest BCUT2D eigenvalue weighted by Crippen LogP contribution is 2.18. The van der Waals surface area contributed by atoms with Crippen LogP contribution in [0.25, 0.3) is 0 Å². The van der Waals surface area contributed by atoms with Crippen molar-refractivity contribution in [3.63, 3.8) is 0 Å². The minimum absolute atomic E-state index is 0.155. The minimum Gasteiger partial charge on any atom is -0.494 e. The fraction of sp³-hybridized carbons (Fsp3) is 0.500. The number of carbonyl (C=O) groups is 1. The first-order valence-electron chi connectivity index (χ1n) is 6.50. The van der Waals surface area contributed by atoms with Crippen molar-refractivity contribution in [3.05, 3.63) is 29.8 Å². The van der Waals surface area contributed by atoms with E-state index in [0.717, 1.165) is 30.8 Å². The van der Waals surface area contributed by atoms with Gasteiger partial charge in [-0.3, -0.25) is 4.79 Å². The third-order valence-electron chi connectivity index (χ3n) is 3.12. The molecule has 1 fully saturated rings. The number of ether oxygens (including phenoxy) is 1. The van der Waals surface area contributed by atoms with Gasteiger partial charge in [-0.2, -0.15) is 0 Å². The summed E-state index contributed by atoms with van der Waals surface area (Å²) in [4.78, 5) is 11.1. The normalized spacial score (nSPS) is 19.4. The fourth-order valence-corrected chi connectivity index (χ4v) is 2.11. The summed E-state index contributed by atoms with van der Waals surface area (Å²) >= 11 is 0. The Morgan fingerprint density at radius 1 is 1.44 bits per heavy atom. The van der Waals surface area contributed by atoms with Crippen LogP contribution in [0.4, 0.5) is 0 Å². The van der Waals surface area contributed by atoms with Crippen molar-refractivity contribution in [2.45, 2.75) is 32.4 Å². The smallest absolute Gasteiger partial charge is 0.220 e. The Bertz CT molecular complexity index is 397. The molecule has 0 aromatic heterocycles. The second-order valence-electron chi connectivity index (χ2n) is 4.46. The van der Waals surface area contributed by atoms with E-state index >= 15 is 0 Å². The summed E-state index contributed by atoms with van der Waals surface area (Å²) < 4.78 is 5.58. The number of hydrogen-bond donors (Lipinski definition) is 2. The molecule has 1 atom stereocenters. The average molecular weight is 248 g/mol. The zero-order valence-electron chi connectivity index (χ0n) is 10.7. The second-order valence-corrected chi connectivity index (χ2v) is 4.46. The molecule has 0 saturated carbocycles. The highest BCUT2D eigenvalue weighted by molar-refractivity contribution is 5.76. The predicted octanol–water partition coefficient (Wildman–Crippen LogP) is 1.45. The first-order valence-corrected chi connectivity index (χ1v) is 6.50. The van der Waals surface area contributed by atoms with E-state index in [1.807, 2.05) is 25.1 Å². The Labute approximate surface area is 108 Å². The van der Waals surface area contributed by atoms with Gasteiger partial charge in [0.1, 0.15) is 5.75 Å². The van der Waals surface area contributed by atoms with E-state index in [1.54, 1.807) is 0 Å². The van der Waals surface area contributed by atoms with Crippen LogP contribution < -0.4 is 15.4 Å². The quantitative estimate of drug-likeness (QED) is 0.829. The third-order valence-corrected chi connectivity index (χ3v) is 3.12. The lowest BCUT2D eigenvalue weighted by molar-refractivity contribution is -0.122. The summed E-state index contributed by atoms with van der Waals surface area (Å²) in [5.41, 5.74) is 1.16. The van der Waals surface area contributed by atoms with E-state index < -0.39 is 0 Å². The van der Waals surface area contributed by atoms with Crippen molar-refractivity contribution in [2.24, 2.45) is 0 Å². The maximum Gasteiger partial charge on any atom is 0.220 e. The molecule has 2 N–H and O–H groups in total. The molecule has 1 aliphatic rings. The average Bonchev–Trinajstić information content (AvgIpc) is 2.40. The van der Waals surface area contributed by atoms with Gasteiger partial charge in [0.05, 0.1) is 6.61 Å². The van der Waals surface area contributed by atoms with Gasteiger partial charge in [0.25, 0.3) is 0 Å². The number of nitrogens with one attached hydrogen (secondary N) is 2. The Kier molecular flexibility index (Phi) is 4.59. The molecule has 1 amide bonds. The first kappa shape index (κ1) is 12.9. The van der Waals surface area contributed by atoms with Crippen molar-refractivity contribution in [3.8, 4) is 5.75 Å². The van der Waals surface area contributed by atoms with Gasteiger partial charge in [0, 0.05) is 31.1 Å². The SMILES string of the molecule is CCOc1ccccc1CNC1CCC(=O)NC1. The van der Waals surface area contributed by atoms with Crippen molar-refractivity contribution >= 4 is 5.91 Å². The zero-order chi connectivity index (χ0) is 12.8. The molecule has 1 saturated heterocycles. The maximum atomic E-state index is 11.1. The highest BCUT2D eigenvalue weighted by atomic mass is 16.5. The summed E-state index contributed by atoms with van der Waals surface area (Å²) in [6, 6.07) is 8.41. The molecule has 1 heterocycles. The van der Waals surface area contributed by atoms with Crippen LogP contribution in [0.5, 0.6) is 5.75 Å². The molecule has 0 bridgehead atoms. The van der Waals surface area contributed by atoms with Crippen LogP contribution in [0.1, 0.15) is 25.3 Å². The summed E-state index contributed by atoms with van der Waals surface area (Å²) in [6.45, 7) is 4.16. The highest BCUT2D eigenvalue weighted by Gasteiger charge is 2.17. The molecular weight excluding hydrogens is 228 g/mol. The second kappa shape index (κ2) is 6.40. The van der Waals surface area contributed by atoms with Crippen LogP contribution >= 0.6 is 0 Å². The molecule has 1 aliphatic heterocycles. The summed E-state index contributed by atoms with van der Waals surface area (Å²) in [5.74, 6) is 1.09.